The molecule has 0 bridgehead atoms. The first-order valence-electron chi connectivity index (χ1n) is 9.30. The Morgan fingerprint density at radius 1 is 1.35 bits per heavy atom. The van der Waals surface area contributed by atoms with Crippen molar-refractivity contribution in [3.05, 3.63) is 22.4 Å². The van der Waals surface area contributed by atoms with Crippen LogP contribution in [0.5, 0.6) is 0 Å². The van der Waals surface area contributed by atoms with E-state index >= 15 is 0 Å². The summed E-state index contributed by atoms with van der Waals surface area (Å²) in [5.41, 5.74) is 0. The monoisotopic (exact) mass is 495 g/mol. The molecule has 0 saturated carbocycles. The fourth-order valence-electron chi connectivity index (χ4n) is 2.80. The van der Waals surface area contributed by atoms with E-state index in [1.807, 2.05) is 11.3 Å². The van der Waals surface area contributed by atoms with Crippen LogP contribution in [0, 0.1) is 0 Å². The minimum absolute atomic E-state index is 0. The van der Waals surface area contributed by atoms with Crippen LogP contribution in [0.15, 0.2) is 22.5 Å². The highest BCUT2D eigenvalue weighted by molar-refractivity contribution is 14.0. The SMILES string of the molecule is CCNC(=NCC(c1cccs1)N1CCOCC1)NCCN(C)CC.I. The third-order valence-electron chi connectivity index (χ3n) is 4.45. The molecule has 1 aromatic heterocycles. The molecule has 8 heteroatoms. The molecule has 1 saturated heterocycles. The van der Waals surface area contributed by atoms with Gasteiger partial charge in [0.25, 0.3) is 0 Å². The van der Waals surface area contributed by atoms with Crippen molar-refractivity contribution in [1.29, 1.82) is 0 Å². The van der Waals surface area contributed by atoms with E-state index in [1.165, 1.54) is 4.88 Å². The van der Waals surface area contributed by atoms with Crippen molar-refractivity contribution in [3.63, 3.8) is 0 Å². The minimum Gasteiger partial charge on any atom is -0.379 e. The van der Waals surface area contributed by atoms with Crippen LogP contribution in [0.25, 0.3) is 0 Å². The van der Waals surface area contributed by atoms with E-state index < -0.39 is 0 Å². The number of likely N-dealkylation sites (N-methyl/N-ethyl adjacent to an activating group) is 1. The molecule has 0 aliphatic carbocycles. The second-order valence-corrected chi connectivity index (χ2v) is 7.20. The number of aliphatic imine (C=N–C) groups is 1. The molecular weight excluding hydrogens is 461 g/mol. The summed E-state index contributed by atoms with van der Waals surface area (Å²) in [6.45, 7) is 12.5. The standard InChI is InChI=1S/C18H33N5OS.HI/c1-4-19-18(20-8-9-22(3)5-2)21-15-16(17-7-6-14-25-17)23-10-12-24-13-11-23;/h6-7,14,16H,4-5,8-13,15H2,1-3H3,(H2,19,20,21);1H. The summed E-state index contributed by atoms with van der Waals surface area (Å²) in [4.78, 5) is 11.0. The zero-order chi connectivity index (χ0) is 17.9. The van der Waals surface area contributed by atoms with Gasteiger partial charge in [0.2, 0.25) is 0 Å². The van der Waals surface area contributed by atoms with Crippen molar-refractivity contribution >= 4 is 41.3 Å². The van der Waals surface area contributed by atoms with Crippen LogP contribution in [0.3, 0.4) is 0 Å². The van der Waals surface area contributed by atoms with Crippen molar-refractivity contribution in [2.75, 3.05) is 66.1 Å². The van der Waals surface area contributed by atoms with E-state index in [-0.39, 0.29) is 24.0 Å². The number of halogens is 1. The van der Waals surface area contributed by atoms with Gasteiger partial charge in [-0.25, -0.2) is 0 Å². The molecule has 0 spiro atoms. The van der Waals surface area contributed by atoms with Crippen molar-refractivity contribution < 1.29 is 4.74 Å². The molecule has 0 amide bonds. The maximum absolute atomic E-state index is 5.51. The smallest absolute Gasteiger partial charge is 0.191 e. The van der Waals surface area contributed by atoms with Crippen LogP contribution in [0.2, 0.25) is 0 Å². The minimum atomic E-state index is 0. The van der Waals surface area contributed by atoms with Crippen LogP contribution >= 0.6 is 35.3 Å². The normalized spacial score (nSPS) is 17.0. The Morgan fingerprint density at radius 2 is 2.12 bits per heavy atom. The second-order valence-electron chi connectivity index (χ2n) is 6.22. The first kappa shape index (κ1) is 23.6. The van der Waals surface area contributed by atoms with Gasteiger partial charge in [-0.2, -0.15) is 0 Å². The van der Waals surface area contributed by atoms with Crippen LogP contribution < -0.4 is 10.6 Å². The highest BCUT2D eigenvalue weighted by Crippen LogP contribution is 2.26. The van der Waals surface area contributed by atoms with Gasteiger partial charge >= 0.3 is 0 Å². The Labute approximate surface area is 179 Å². The lowest BCUT2D eigenvalue weighted by Gasteiger charge is -2.33. The van der Waals surface area contributed by atoms with Gasteiger partial charge in [0, 0.05) is 37.6 Å². The Kier molecular flexibility index (Phi) is 12.4. The highest BCUT2D eigenvalue weighted by Gasteiger charge is 2.23. The van der Waals surface area contributed by atoms with Crippen LogP contribution in [0.4, 0.5) is 0 Å². The molecule has 0 radical (unpaired) electrons. The van der Waals surface area contributed by atoms with Gasteiger partial charge in [-0.3, -0.25) is 9.89 Å². The summed E-state index contributed by atoms with van der Waals surface area (Å²) < 4.78 is 5.51. The summed E-state index contributed by atoms with van der Waals surface area (Å²) in [5, 5.41) is 8.95. The summed E-state index contributed by atoms with van der Waals surface area (Å²) in [7, 11) is 2.14. The summed E-state index contributed by atoms with van der Waals surface area (Å²) >= 11 is 1.82. The number of rotatable bonds is 9. The first-order valence-corrected chi connectivity index (χ1v) is 10.2. The third kappa shape index (κ3) is 8.08. The van der Waals surface area contributed by atoms with E-state index in [9.17, 15) is 0 Å². The number of ether oxygens (including phenoxy) is 1. The maximum atomic E-state index is 5.51. The van der Waals surface area contributed by atoms with Crippen molar-refractivity contribution in [2.45, 2.75) is 19.9 Å². The van der Waals surface area contributed by atoms with E-state index in [4.69, 9.17) is 9.73 Å². The van der Waals surface area contributed by atoms with Crippen molar-refractivity contribution in [2.24, 2.45) is 4.99 Å². The Hall–Kier alpha value is -0.420. The Balaban J connectivity index is 0.00000338. The van der Waals surface area contributed by atoms with Gasteiger partial charge in [0.15, 0.2) is 5.96 Å². The largest absolute Gasteiger partial charge is 0.379 e. The molecule has 6 nitrogen and oxygen atoms in total. The lowest BCUT2D eigenvalue weighted by atomic mass is 10.2. The molecule has 1 aliphatic rings. The zero-order valence-electron chi connectivity index (χ0n) is 16.2. The van der Waals surface area contributed by atoms with E-state index in [2.05, 4.69) is 58.8 Å². The zero-order valence-corrected chi connectivity index (χ0v) is 19.4. The topological polar surface area (TPSA) is 52.1 Å². The molecule has 1 aromatic rings. The Bertz CT molecular complexity index is 494. The van der Waals surface area contributed by atoms with E-state index in [1.54, 1.807) is 0 Å². The van der Waals surface area contributed by atoms with Gasteiger partial charge in [0.05, 0.1) is 25.8 Å². The number of hydrogen-bond donors (Lipinski definition) is 2. The highest BCUT2D eigenvalue weighted by atomic mass is 127. The fraction of sp³-hybridized carbons (Fsp3) is 0.722. The van der Waals surface area contributed by atoms with Crippen LogP contribution in [-0.4, -0.2) is 81.8 Å². The average molecular weight is 495 g/mol. The molecule has 1 fully saturated rings. The molecule has 0 aromatic carbocycles. The number of nitrogens with zero attached hydrogens (tertiary/aromatic N) is 3. The number of hydrogen-bond acceptors (Lipinski definition) is 5. The molecule has 150 valence electrons. The molecule has 2 N–H and O–H groups in total. The number of morpholine rings is 1. The second kappa shape index (κ2) is 13.7. The molecule has 2 heterocycles. The van der Waals surface area contributed by atoms with Crippen LogP contribution in [-0.2, 0) is 4.74 Å². The molecule has 1 aliphatic heterocycles. The van der Waals surface area contributed by atoms with Gasteiger partial charge in [-0.1, -0.05) is 13.0 Å². The number of thiophene rings is 1. The molecular formula is C18H34IN5OS. The number of guanidine groups is 1. The Morgan fingerprint density at radius 3 is 2.73 bits per heavy atom. The lowest BCUT2D eigenvalue weighted by molar-refractivity contribution is 0.0186. The third-order valence-corrected chi connectivity index (χ3v) is 5.42. The molecule has 2 rings (SSSR count). The molecule has 1 unspecified atom stereocenters. The molecule has 1 atom stereocenters. The van der Waals surface area contributed by atoms with Crippen molar-refractivity contribution in [1.82, 2.24) is 20.4 Å². The summed E-state index contributed by atoms with van der Waals surface area (Å²) in [6, 6.07) is 4.68. The summed E-state index contributed by atoms with van der Waals surface area (Å²) in [5.74, 6) is 0.904. The van der Waals surface area contributed by atoms with Crippen molar-refractivity contribution in [3.8, 4) is 0 Å². The lowest BCUT2D eigenvalue weighted by Crippen LogP contribution is -2.43. The predicted octanol–water partition coefficient (Wildman–Crippen LogP) is 2.25. The van der Waals surface area contributed by atoms with Gasteiger partial charge in [-0.05, 0) is 32.0 Å². The first-order chi connectivity index (χ1) is 12.2. The van der Waals surface area contributed by atoms with E-state index in [0.717, 1.165) is 65.0 Å². The predicted molar refractivity (Wildman–Crippen MR) is 122 cm³/mol. The quantitative estimate of drug-likeness (QED) is 0.313. The van der Waals surface area contributed by atoms with E-state index in [0.29, 0.717) is 6.04 Å². The average Bonchev–Trinajstić information content (AvgIpc) is 3.17. The van der Waals surface area contributed by atoms with Gasteiger partial charge in [0.1, 0.15) is 0 Å². The summed E-state index contributed by atoms with van der Waals surface area (Å²) in [6.07, 6.45) is 0. The molecule has 26 heavy (non-hydrogen) atoms. The van der Waals surface area contributed by atoms with Crippen LogP contribution in [0.1, 0.15) is 24.8 Å². The van der Waals surface area contributed by atoms with Gasteiger partial charge in [-0.15, -0.1) is 35.3 Å². The fourth-order valence-corrected chi connectivity index (χ4v) is 3.65. The van der Waals surface area contributed by atoms with Gasteiger partial charge < -0.3 is 20.3 Å². The maximum Gasteiger partial charge on any atom is 0.191 e. The number of nitrogens with one attached hydrogen (secondary N) is 2.